The molecule has 18 heavy (non-hydrogen) atoms. The highest BCUT2D eigenvalue weighted by atomic mass is 16.4. The Morgan fingerprint density at radius 1 is 1.28 bits per heavy atom. The first-order chi connectivity index (χ1) is 8.34. The third-order valence-corrected chi connectivity index (χ3v) is 1.57. The lowest BCUT2D eigenvalue weighted by atomic mass is 10.3. The van der Waals surface area contributed by atoms with Gasteiger partial charge in [-0.15, -0.1) is 0 Å². The number of aliphatic hydroxyl groups excluding tert-OH is 1. The molecule has 0 fully saturated rings. The van der Waals surface area contributed by atoms with Gasteiger partial charge in [0.25, 0.3) is 5.91 Å². The average Bonchev–Trinajstić information content (AvgIpc) is 2.30. The Balaban J connectivity index is 0.000000321. The lowest BCUT2D eigenvalue weighted by Crippen LogP contribution is -2.22. The molecular weight excluding hydrogens is 244 g/mol. The molecule has 0 radical (unpaired) electrons. The van der Waals surface area contributed by atoms with E-state index in [2.05, 4.69) is 4.98 Å². The lowest BCUT2D eigenvalue weighted by Gasteiger charge is -1.97. The molecule has 5 N–H and O–H groups in total. The van der Waals surface area contributed by atoms with Crippen LogP contribution in [0.4, 0.5) is 0 Å². The van der Waals surface area contributed by atoms with Crippen molar-refractivity contribution in [2.24, 2.45) is 5.73 Å². The molecule has 1 aromatic rings. The minimum Gasteiger partial charge on any atom is -0.481 e. The van der Waals surface area contributed by atoms with Crippen molar-refractivity contribution in [3.05, 3.63) is 30.1 Å². The monoisotopic (exact) mass is 256 g/mol. The topological polar surface area (TPSA) is 151 Å². The van der Waals surface area contributed by atoms with Gasteiger partial charge in [0.1, 0.15) is 5.69 Å². The minimum absolute atomic E-state index is 0.303. The summed E-state index contributed by atoms with van der Waals surface area (Å²) in [5.74, 6) is -3.34. The summed E-state index contributed by atoms with van der Waals surface area (Å²) in [7, 11) is 0. The fourth-order valence-electron chi connectivity index (χ4n) is 0.761. The summed E-state index contributed by atoms with van der Waals surface area (Å²) in [6.45, 7) is 0. The second-order valence-corrected chi connectivity index (χ2v) is 3.03. The zero-order valence-electron chi connectivity index (χ0n) is 9.18. The van der Waals surface area contributed by atoms with Crippen LogP contribution < -0.4 is 5.73 Å². The first kappa shape index (κ1) is 15.5. The summed E-state index contributed by atoms with van der Waals surface area (Å²) >= 11 is 0. The van der Waals surface area contributed by atoms with Crippen molar-refractivity contribution in [2.75, 3.05) is 0 Å². The SMILES string of the molecule is NC(=O)c1ccccn1.O=C(O)C[C@H](O)C(=O)O. The maximum Gasteiger partial charge on any atom is 0.333 e. The summed E-state index contributed by atoms with van der Waals surface area (Å²) in [5.41, 5.74) is 5.22. The number of aliphatic hydroxyl groups is 1. The van der Waals surface area contributed by atoms with Gasteiger partial charge in [-0.05, 0) is 12.1 Å². The van der Waals surface area contributed by atoms with Gasteiger partial charge in [-0.3, -0.25) is 14.6 Å². The van der Waals surface area contributed by atoms with Gasteiger partial charge < -0.3 is 21.1 Å². The number of amides is 1. The van der Waals surface area contributed by atoms with Crippen LogP contribution in [-0.2, 0) is 9.59 Å². The number of carbonyl (C=O) groups is 3. The van der Waals surface area contributed by atoms with Gasteiger partial charge in [-0.25, -0.2) is 4.79 Å². The van der Waals surface area contributed by atoms with Gasteiger partial charge in [0.15, 0.2) is 6.10 Å². The number of hydrogen-bond acceptors (Lipinski definition) is 5. The molecule has 0 saturated heterocycles. The molecule has 0 unspecified atom stereocenters. The van der Waals surface area contributed by atoms with Crippen LogP contribution in [0.1, 0.15) is 16.9 Å². The molecular formula is C10H12N2O6. The molecule has 0 bridgehead atoms. The van der Waals surface area contributed by atoms with E-state index >= 15 is 0 Å². The highest BCUT2D eigenvalue weighted by molar-refractivity contribution is 5.90. The first-order valence-corrected chi connectivity index (χ1v) is 4.68. The van der Waals surface area contributed by atoms with Crippen LogP contribution in [0.5, 0.6) is 0 Å². The van der Waals surface area contributed by atoms with Gasteiger partial charge in [-0.1, -0.05) is 6.07 Å². The van der Waals surface area contributed by atoms with E-state index in [1.165, 1.54) is 6.20 Å². The Labute approximate surface area is 102 Å². The number of carboxylic acids is 2. The maximum absolute atomic E-state index is 10.4. The van der Waals surface area contributed by atoms with Crippen LogP contribution in [0, 0.1) is 0 Å². The number of aliphatic carboxylic acids is 2. The zero-order chi connectivity index (χ0) is 14.1. The molecule has 1 aromatic heterocycles. The van der Waals surface area contributed by atoms with E-state index in [4.69, 9.17) is 21.1 Å². The van der Waals surface area contributed by atoms with Crippen LogP contribution in [0.15, 0.2) is 24.4 Å². The van der Waals surface area contributed by atoms with Gasteiger partial charge in [-0.2, -0.15) is 0 Å². The summed E-state index contributed by atoms with van der Waals surface area (Å²) in [4.78, 5) is 33.5. The molecule has 0 aliphatic heterocycles. The number of primary amides is 1. The van der Waals surface area contributed by atoms with Crippen LogP contribution in [0.3, 0.4) is 0 Å². The molecule has 0 spiro atoms. The number of hydrogen-bond donors (Lipinski definition) is 4. The third kappa shape index (κ3) is 6.90. The molecule has 8 nitrogen and oxygen atoms in total. The Kier molecular flexibility index (Phi) is 6.67. The number of aromatic nitrogens is 1. The summed E-state index contributed by atoms with van der Waals surface area (Å²) in [5, 5.41) is 24.1. The number of nitrogens with two attached hydrogens (primary N) is 1. The van der Waals surface area contributed by atoms with Gasteiger partial charge in [0.2, 0.25) is 0 Å². The van der Waals surface area contributed by atoms with Crippen molar-refractivity contribution >= 4 is 17.8 Å². The predicted molar refractivity (Wildman–Crippen MR) is 58.7 cm³/mol. The van der Waals surface area contributed by atoms with Gasteiger partial charge in [0, 0.05) is 6.20 Å². The van der Waals surface area contributed by atoms with Gasteiger partial charge in [0.05, 0.1) is 6.42 Å². The van der Waals surface area contributed by atoms with E-state index in [0.29, 0.717) is 5.69 Å². The molecule has 0 aliphatic rings. The molecule has 1 atom stereocenters. The summed E-state index contributed by atoms with van der Waals surface area (Å²) in [6.07, 6.45) is -1.02. The molecule has 1 heterocycles. The Morgan fingerprint density at radius 2 is 1.89 bits per heavy atom. The van der Waals surface area contributed by atoms with E-state index in [0.717, 1.165) is 0 Å². The average molecular weight is 256 g/mol. The molecule has 8 heteroatoms. The molecule has 1 amide bonds. The van der Waals surface area contributed by atoms with Gasteiger partial charge >= 0.3 is 11.9 Å². The fourth-order valence-corrected chi connectivity index (χ4v) is 0.761. The molecule has 0 aliphatic carbocycles. The number of carbonyl (C=O) groups excluding carboxylic acids is 1. The van der Waals surface area contributed by atoms with Crippen molar-refractivity contribution < 1.29 is 29.7 Å². The Morgan fingerprint density at radius 3 is 2.11 bits per heavy atom. The maximum atomic E-state index is 10.4. The number of carboxylic acid groups (broad SMARTS) is 2. The van der Waals surface area contributed by atoms with Crippen molar-refractivity contribution in [3.63, 3.8) is 0 Å². The molecule has 0 aromatic carbocycles. The molecule has 0 saturated carbocycles. The molecule has 1 rings (SSSR count). The van der Waals surface area contributed by atoms with Crippen LogP contribution in [-0.4, -0.2) is 44.3 Å². The Hall–Kier alpha value is -2.48. The van der Waals surface area contributed by atoms with Crippen LogP contribution in [0.25, 0.3) is 0 Å². The smallest absolute Gasteiger partial charge is 0.333 e. The van der Waals surface area contributed by atoms with Crippen molar-refractivity contribution in [2.45, 2.75) is 12.5 Å². The normalized spacial score (nSPS) is 10.7. The van der Waals surface area contributed by atoms with E-state index in [9.17, 15) is 14.4 Å². The third-order valence-electron chi connectivity index (χ3n) is 1.57. The molecule has 98 valence electrons. The summed E-state index contributed by atoms with van der Waals surface area (Å²) in [6, 6.07) is 5.02. The van der Waals surface area contributed by atoms with E-state index < -0.39 is 30.4 Å². The quantitative estimate of drug-likeness (QED) is 0.544. The second kappa shape index (κ2) is 7.74. The van der Waals surface area contributed by atoms with Crippen molar-refractivity contribution in [1.29, 1.82) is 0 Å². The number of rotatable bonds is 4. The van der Waals surface area contributed by atoms with Crippen molar-refractivity contribution in [1.82, 2.24) is 4.98 Å². The highest BCUT2D eigenvalue weighted by Crippen LogP contribution is 1.90. The second-order valence-electron chi connectivity index (χ2n) is 3.03. The van der Waals surface area contributed by atoms with Crippen molar-refractivity contribution in [3.8, 4) is 0 Å². The number of nitrogens with zero attached hydrogens (tertiary/aromatic N) is 1. The predicted octanol–water partition coefficient (Wildman–Crippen LogP) is -0.913. The van der Waals surface area contributed by atoms with E-state index in [1.807, 2.05) is 0 Å². The largest absolute Gasteiger partial charge is 0.481 e. The van der Waals surface area contributed by atoms with Crippen LogP contribution in [0.2, 0.25) is 0 Å². The fraction of sp³-hybridized carbons (Fsp3) is 0.200. The lowest BCUT2D eigenvalue weighted by molar-refractivity contribution is -0.152. The standard InChI is InChI=1S/C6H6N2O.C4H6O5/c7-6(9)5-3-1-2-4-8-5;5-2(4(8)9)1-3(6)7/h1-4H,(H2,7,9);2,5H,1H2,(H,6,7)(H,8,9)/t;2-/m.0/s1. The highest BCUT2D eigenvalue weighted by Gasteiger charge is 2.16. The first-order valence-electron chi connectivity index (χ1n) is 4.68. The zero-order valence-corrected chi connectivity index (χ0v) is 9.18. The number of pyridine rings is 1. The van der Waals surface area contributed by atoms with E-state index in [1.54, 1.807) is 18.2 Å². The summed E-state index contributed by atoms with van der Waals surface area (Å²) < 4.78 is 0. The minimum atomic E-state index is -1.79. The van der Waals surface area contributed by atoms with Crippen LogP contribution >= 0.6 is 0 Å². The van der Waals surface area contributed by atoms with E-state index in [-0.39, 0.29) is 0 Å². The Bertz CT molecular complexity index is 420.